The topological polar surface area (TPSA) is 38.3 Å². The Morgan fingerprint density at radius 2 is 1.96 bits per heavy atom. The van der Waals surface area contributed by atoms with E-state index in [-0.39, 0.29) is 6.61 Å². The van der Waals surface area contributed by atoms with Crippen molar-refractivity contribution < 1.29 is 14.4 Å². The first-order valence-corrected chi connectivity index (χ1v) is 8.43. The molecule has 0 amide bonds. The van der Waals surface area contributed by atoms with Crippen LogP contribution in [0, 0.1) is 6.92 Å². The average molecular weight is 325 g/mol. The third kappa shape index (κ3) is 3.29. The van der Waals surface area contributed by atoms with Crippen LogP contribution in [-0.4, -0.2) is 22.4 Å². The van der Waals surface area contributed by atoms with Crippen LogP contribution < -0.4 is 9.30 Å². The maximum absolute atomic E-state index is 10.5. The fraction of sp³-hybridized carbons (Fsp3) is 0.350. The van der Waals surface area contributed by atoms with Crippen LogP contribution >= 0.6 is 0 Å². The number of benzene rings is 2. The first kappa shape index (κ1) is 16.5. The third-order valence-corrected chi connectivity index (χ3v) is 4.37. The molecule has 0 fully saturated rings. The van der Waals surface area contributed by atoms with Crippen molar-refractivity contribution in [3.8, 4) is 5.75 Å². The van der Waals surface area contributed by atoms with Crippen LogP contribution in [0.25, 0.3) is 11.0 Å². The first-order chi connectivity index (χ1) is 11.6. The van der Waals surface area contributed by atoms with E-state index < -0.39 is 6.10 Å². The van der Waals surface area contributed by atoms with Gasteiger partial charge in [0.15, 0.2) is 11.0 Å². The molecule has 0 aliphatic heterocycles. The highest BCUT2D eigenvalue weighted by atomic mass is 16.5. The molecule has 1 atom stereocenters. The number of aliphatic hydroxyl groups excluding tert-OH is 1. The molecule has 3 rings (SSSR count). The Morgan fingerprint density at radius 1 is 1.17 bits per heavy atom. The average Bonchev–Trinajstić information content (AvgIpc) is 2.85. The van der Waals surface area contributed by atoms with Gasteiger partial charge in [-0.1, -0.05) is 31.2 Å². The molecule has 1 heterocycles. The molecule has 1 N–H and O–H groups in total. The molecule has 0 bridgehead atoms. The Morgan fingerprint density at radius 3 is 2.71 bits per heavy atom. The molecule has 0 saturated carbocycles. The molecule has 0 aliphatic carbocycles. The second-order valence-electron chi connectivity index (χ2n) is 6.21. The quantitative estimate of drug-likeness (QED) is 0.708. The molecule has 24 heavy (non-hydrogen) atoms. The van der Waals surface area contributed by atoms with Gasteiger partial charge in [-0.25, -0.2) is 9.13 Å². The largest absolute Gasteiger partial charge is 0.491 e. The minimum atomic E-state index is -0.563. The SMILES string of the molecule is CCc1n(CC(O)COc2cccc(C)c2)c2ccccc2[n+]1C. The Labute approximate surface area is 142 Å². The van der Waals surface area contributed by atoms with Crippen molar-refractivity contribution in [2.75, 3.05) is 6.61 Å². The number of hydrogen-bond donors (Lipinski definition) is 1. The summed E-state index contributed by atoms with van der Waals surface area (Å²) in [5.74, 6) is 2.00. The van der Waals surface area contributed by atoms with Gasteiger partial charge in [-0.3, -0.25) is 0 Å². The van der Waals surface area contributed by atoms with E-state index >= 15 is 0 Å². The Balaban J connectivity index is 1.77. The highest BCUT2D eigenvalue weighted by Gasteiger charge is 2.23. The fourth-order valence-electron chi connectivity index (χ4n) is 3.23. The number of hydrogen-bond acceptors (Lipinski definition) is 2. The standard InChI is InChI=1S/C20H25N2O2/c1-4-20-21(3)18-10-5-6-11-19(18)22(20)13-16(23)14-24-17-9-7-8-15(2)12-17/h5-12,16,23H,4,13-14H2,1-3H3/q+1. The Hall–Kier alpha value is -2.33. The molecular formula is C20H25N2O2+. The Kier molecular flexibility index (Phi) is 4.86. The smallest absolute Gasteiger partial charge is 0.256 e. The van der Waals surface area contributed by atoms with E-state index in [1.54, 1.807) is 0 Å². The number of nitrogens with zero attached hydrogens (tertiary/aromatic N) is 2. The number of aryl methyl sites for hydroxylation is 2. The van der Waals surface area contributed by atoms with Gasteiger partial charge >= 0.3 is 0 Å². The van der Waals surface area contributed by atoms with Gasteiger partial charge in [-0.05, 0) is 36.8 Å². The van der Waals surface area contributed by atoms with Gasteiger partial charge in [0.25, 0.3) is 5.82 Å². The predicted molar refractivity (Wildman–Crippen MR) is 95.2 cm³/mol. The van der Waals surface area contributed by atoms with E-state index in [2.05, 4.69) is 35.2 Å². The van der Waals surface area contributed by atoms with Gasteiger partial charge in [0.1, 0.15) is 25.0 Å². The summed E-state index contributed by atoms with van der Waals surface area (Å²) >= 11 is 0. The molecule has 2 aromatic carbocycles. The summed E-state index contributed by atoms with van der Waals surface area (Å²) in [4.78, 5) is 0. The molecule has 0 spiro atoms. The monoisotopic (exact) mass is 325 g/mol. The summed E-state index contributed by atoms with van der Waals surface area (Å²) in [7, 11) is 2.08. The molecule has 1 aromatic heterocycles. The number of ether oxygens (including phenoxy) is 1. The van der Waals surface area contributed by atoms with Gasteiger partial charge in [0, 0.05) is 6.42 Å². The van der Waals surface area contributed by atoms with Crippen molar-refractivity contribution in [2.24, 2.45) is 7.05 Å². The number of fused-ring (bicyclic) bond motifs is 1. The number of rotatable bonds is 6. The zero-order valence-corrected chi connectivity index (χ0v) is 14.6. The maximum Gasteiger partial charge on any atom is 0.256 e. The van der Waals surface area contributed by atoms with Crippen molar-refractivity contribution >= 4 is 11.0 Å². The number of aromatic nitrogens is 2. The first-order valence-electron chi connectivity index (χ1n) is 8.43. The summed E-state index contributed by atoms with van der Waals surface area (Å²) < 4.78 is 10.1. The fourth-order valence-corrected chi connectivity index (χ4v) is 3.23. The lowest BCUT2D eigenvalue weighted by molar-refractivity contribution is -0.653. The van der Waals surface area contributed by atoms with Gasteiger partial charge in [-0.2, -0.15) is 0 Å². The zero-order valence-electron chi connectivity index (χ0n) is 14.6. The van der Waals surface area contributed by atoms with E-state index in [1.165, 1.54) is 11.3 Å². The molecule has 0 radical (unpaired) electrons. The molecule has 0 saturated heterocycles. The van der Waals surface area contributed by atoms with Crippen molar-refractivity contribution in [1.82, 2.24) is 4.57 Å². The van der Waals surface area contributed by atoms with Gasteiger partial charge in [0.2, 0.25) is 0 Å². The molecule has 1 unspecified atom stereocenters. The summed E-state index contributed by atoms with van der Waals surface area (Å²) in [5.41, 5.74) is 3.48. The van der Waals surface area contributed by atoms with Crippen LogP contribution in [0.3, 0.4) is 0 Å². The van der Waals surface area contributed by atoms with Crippen LogP contribution in [0.5, 0.6) is 5.75 Å². The van der Waals surface area contributed by atoms with Crippen LogP contribution in [-0.2, 0) is 20.0 Å². The van der Waals surface area contributed by atoms with Gasteiger partial charge in [-0.15, -0.1) is 0 Å². The van der Waals surface area contributed by atoms with Crippen molar-refractivity contribution in [2.45, 2.75) is 32.9 Å². The van der Waals surface area contributed by atoms with Crippen LogP contribution in [0.4, 0.5) is 0 Å². The molecule has 4 nitrogen and oxygen atoms in total. The van der Waals surface area contributed by atoms with Crippen molar-refractivity contribution in [1.29, 1.82) is 0 Å². The predicted octanol–water partition coefficient (Wildman–Crippen LogP) is 2.78. The van der Waals surface area contributed by atoms with Gasteiger partial charge < -0.3 is 9.84 Å². The summed E-state index contributed by atoms with van der Waals surface area (Å²) in [6.45, 7) is 4.97. The maximum atomic E-state index is 10.5. The molecule has 126 valence electrons. The zero-order chi connectivity index (χ0) is 17.1. The highest BCUT2D eigenvalue weighted by Crippen LogP contribution is 2.16. The Bertz CT molecular complexity index is 839. The lowest BCUT2D eigenvalue weighted by atomic mass is 10.2. The second-order valence-corrected chi connectivity index (χ2v) is 6.21. The molecular weight excluding hydrogens is 300 g/mol. The van der Waals surface area contributed by atoms with Crippen LogP contribution in [0.15, 0.2) is 48.5 Å². The number of para-hydroxylation sites is 2. The van der Waals surface area contributed by atoms with E-state index in [0.29, 0.717) is 6.54 Å². The molecule has 4 heteroatoms. The number of aliphatic hydroxyl groups is 1. The summed E-state index contributed by atoms with van der Waals surface area (Å²) in [5, 5.41) is 10.5. The van der Waals surface area contributed by atoms with E-state index in [0.717, 1.165) is 23.3 Å². The van der Waals surface area contributed by atoms with E-state index in [4.69, 9.17) is 4.74 Å². The minimum Gasteiger partial charge on any atom is -0.491 e. The summed E-state index contributed by atoms with van der Waals surface area (Å²) in [6, 6.07) is 16.2. The van der Waals surface area contributed by atoms with Crippen LogP contribution in [0.2, 0.25) is 0 Å². The van der Waals surface area contributed by atoms with Crippen molar-refractivity contribution in [3.05, 3.63) is 59.9 Å². The summed E-state index contributed by atoms with van der Waals surface area (Å²) in [6.07, 6.45) is 0.350. The minimum absolute atomic E-state index is 0.281. The lowest BCUT2D eigenvalue weighted by Gasteiger charge is -2.12. The van der Waals surface area contributed by atoms with E-state index in [1.807, 2.05) is 43.3 Å². The van der Waals surface area contributed by atoms with E-state index in [9.17, 15) is 5.11 Å². The van der Waals surface area contributed by atoms with Gasteiger partial charge in [0.05, 0.1) is 7.05 Å². The lowest BCUT2D eigenvalue weighted by Crippen LogP contribution is -2.34. The second kappa shape index (κ2) is 7.05. The third-order valence-electron chi connectivity index (χ3n) is 4.37. The number of imidazole rings is 1. The van der Waals surface area contributed by atoms with Crippen molar-refractivity contribution in [3.63, 3.8) is 0 Å². The molecule has 3 aromatic rings. The molecule has 0 aliphatic rings. The van der Waals surface area contributed by atoms with Crippen LogP contribution in [0.1, 0.15) is 18.3 Å². The highest BCUT2D eigenvalue weighted by molar-refractivity contribution is 5.72. The normalized spacial score (nSPS) is 12.5.